The number of hydrogen-bond donors (Lipinski definition) is 2. The van der Waals surface area contributed by atoms with Crippen molar-refractivity contribution >= 4 is 5.91 Å². The topological polar surface area (TPSA) is 55.1 Å². The van der Waals surface area contributed by atoms with Crippen LogP contribution in [0, 0.1) is 23.7 Å². The van der Waals surface area contributed by atoms with Crippen molar-refractivity contribution < 1.29 is 4.79 Å². The molecule has 0 heterocycles. The molecule has 3 fully saturated rings. The molecule has 102 valence electrons. The van der Waals surface area contributed by atoms with Crippen LogP contribution in [0.4, 0.5) is 0 Å². The second kappa shape index (κ2) is 5.20. The quantitative estimate of drug-likeness (QED) is 0.802. The Labute approximate surface area is 110 Å². The lowest BCUT2D eigenvalue weighted by Gasteiger charge is -2.22. The van der Waals surface area contributed by atoms with Gasteiger partial charge in [0, 0.05) is 19.0 Å². The highest BCUT2D eigenvalue weighted by Gasteiger charge is 2.40. The number of hydrogen-bond acceptors (Lipinski definition) is 2. The molecule has 3 saturated carbocycles. The molecule has 5 atom stereocenters. The Balaban J connectivity index is 1.39. The van der Waals surface area contributed by atoms with E-state index in [0.29, 0.717) is 17.9 Å². The number of rotatable bonds is 4. The predicted octanol–water partition coefficient (Wildman–Crippen LogP) is 2.06. The highest BCUT2D eigenvalue weighted by molar-refractivity contribution is 5.76. The van der Waals surface area contributed by atoms with E-state index in [1.54, 1.807) is 0 Å². The van der Waals surface area contributed by atoms with E-state index >= 15 is 0 Å². The molecule has 3 heteroatoms. The minimum Gasteiger partial charge on any atom is -0.356 e. The van der Waals surface area contributed by atoms with E-state index in [9.17, 15) is 4.79 Å². The molecule has 18 heavy (non-hydrogen) atoms. The summed E-state index contributed by atoms with van der Waals surface area (Å²) in [5.74, 6) is 3.27. The van der Waals surface area contributed by atoms with Crippen molar-refractivity contribution in [3.05, 3.63) is 0 Å². The SMILES string of the molecule is NC1CCCC1CNC(=O)CC1CC2CCC1C2. The summed E-state index contributed by atoms with van der Waals surface area (Å²) in [5.41, 5.74) is 6.03. The first-order valence-corrected chi connectivity index (χ1v) is 7.74. The normalized spacial score (nSPS) is 42.4. The van der Waals surface area contributed by atoms with Gasteiger partial charge in [-0.25, -0.2) is 0 Å². The number of carbonyl (C=O) groups is 1. The molecule has 1 amide bonds. The van der Waals surface area contributed by atoms with Crippen molar-refractivity contribution in [2.24, 2.45) is 29.4 Å². The number of carbonyl (C=O) groups excluding carboxylic acids is 1. The number of amides is 1. The summed E-state index contributed by atoms with van der Waals surface area (Å²) in [7, 11) is 0. The van der Waals surface area contributed by atoms with Gasteiger partial charge in [0.15, 0.2) is 0 Å². The fraction of sp³-hybridized carbons (Fsp3) is 0.933. The molecule has 2 bridgehead atoms. The average Bonchev–Trinajstić information content (AvgIpc) is 3.03. The van der Waals surface area contributed by atoms with Gasteiger partial charge in [-0.1, -0.05) is 12.8 Å². The summed E-state index contributed by atoms with van der Waals surface area (Å²) in [6.45, 7) is 0.806. The average molecular weight is 250 g/mol. The van der Waals surface area contributed by atoms with Crippen molar-refractivity contribution in [1.29, 1.82) is 0 Å². The Morgan fingerprint density at radius 1 is 1.11 bits per heavy atom. The van der Waals surface area contributed by atoms with E-state index in [2.05, 4.69) is 5.32 Å². The molecule has 3 aliphatic rings. The van der Waals surface area contributed by atoms with E-state index < -0.39 is 0 Å². The lowest BCUT2D eigenvalue weighted by atomic mass is 9.86. The van der Waals surface area contributed by atoms with Crippen LogP contribution in [0.1, 0.15) is 51.4 Å². The minimum atomic E-state index is 0.270. The molecule has 3 aliphatic carbocycles. The molecule has 5 unspecified atom stereocenters. The fourth-order valence-electron chi connectivity index (χ4n) is 4.50. The molecule has 0 aromatic carbocycles. The minimum absolute atomic E-state index is 0.270. The Morgan fingerprint density at radius 3 is 2.61 bits per heavy atom. The second-order valence-electron chi connectivity index (χ2n) is 6.80. The highest BCUT2D eigenvalue weighted by atomic mass is 16.1. The van der Waals surface area contributed by atoms with E-state index in [1.807, 2.05) is 0 Å². The summed E-state index contributed by atoms with van der Waals surface area (Å²) < 4.78 is 0. The summed E-state index contributed by atoms with van der Waals surface area (Å²) in [4.78, 5) is 12.0. The van der Waals surface area contributed by atoms with Gasteiger partial charge in [-0.05, 0) is 55.8 Å². The molecule has 0 aromatic heterocycles. The first-order chi connectivity index (χ1) is 8.72. The maximum atomic E-state index is 12.0. The molecule has 0 aliphatic heterocycles. The summed E-state index contributed by atoms with van der Waals surface area (Å²) in [6.07, 6.45) is 9.81. The Hall–Kier alpha value is -0.570. The monoisotopic (exact) mass is 250 g/mol. The molecular weight excluding hydrogens is 224 g/mol. The van der Waals surface area contributed by atoms with Crippen LogP contribution in [-0.4, -0.2) is 18.5 Å². The highest BCUT2D eigenvalue weighted by Crippen LogP contribution is 2.49. The maximum absolute atomic E-state index is 12.0. The first-order valence-electron chi connectivity index (χ1n) is 7.74. The van der Waals surface area contributed by atoms with E-state index in [1.165, 1.54) is 38.5 Å². The second-order valence-corrected chi connectivity index (χ2v) is 6.80. The van der Waals surface area contributed by atoms with Crippen molar-refractivity contribution in [1.82, 2.24) is 5.32 Å². The van der Waals surface area contributed by atoms with Gasteiger partial charge in [0.05, 0.1) is 0 Å². The summed E-state index contributed by atoms with van der Waals surface area (Å²) in [5, 5.41) is 3.12. The van der Waals surface area contributed by atoms with Gasteiger partial charge in [-0.2, -0.15) is 0 Å². The number of fused-ring (bicyclic) bond motifs is 2. The van der Waals surface area contributed by atoms with Crippen LogP contribution in [0.15, 0.2) is 0 Å². The van der Waals surface area contributed by atoms with E-state index in [-0.39, 0.29) is 5.91 Å². The van der Waals surface area contributed by atoms with Crippen LogP contribution < -0.4 is 11.1 Å². The van der Waals surface area contributed by atoms with Crippen LogP contribution in [0.2, 0.25) is 0 Å². The van der Waals surface area contributed by atoms with Crippen molar-refractivity contribution in [2.75, 3.05) is 6.54 Å². The Bertz CT molecular complexity index is 318. The van der Waals surface area contributed by atoms with Crippen LogP contribution in [-0.2, 0) is 4.79 Å². The van der Waals surface area contributed by atoms with Crippen LogP contribution in [0.25, 0.3) is 0 Å². The van der Waals surface area contributed by atoms with Gasteiger partial charge in [-0.15, -0.1) is 0 Å². The predicted molar refractivity (Wildman–Crippen MR) is 71.9 cm³/mol. The Kier molecular flexibility index (Phi) is 3.60. The van der Waals surface area contributed by atoms with Crippen LogP contribution in [0.3, 0.4) is 0 Å². The summed E-state index contributed by atoms with van der Waals surface area (Å²) in [6, 6.07) is 0.313. The molecule has 3 nitrogen and oxygen atoms in total. The van der Waals surface area contributed by atoms with Crippen LogP contribution in [0.5, 0.6) is 0 Å². The molecule has 3 rings (SSSR count). The van der Waals surface area contributed by atoms with Gasteiger partial charge in [0.25, 0.3) is 0 Å². The zero-order valence-corrected chi connectivity index (χ0v) is 11.2. The fourth-order valence-corrected chi connectivity index (χ4v) is 4.50. The molecule has 3 N–H and O–H groups in total. The van der Waals surface area contributed by atoms with Gasteiger partial charge >= 0.3 is 0 Å². The molecule has 0 aromatic rings. The first kappa shape index (κ1) is 12.5. The lowest BCUT2D eigenvalue weighted by Crippen LogP contribution is -2.36. The zero-order chi connectivity index (χ0) is 12.5. The third-order valence-corrected chi connectivity index (χ3v) is 5.61. The van der Waals surface area contributed by atoms with Crippen molar-refractivity contribution in [3.63, 3.8) is 0 Å². The Morgan fingerprint density at radius 2 is 2.00 bits per heavy atom. The van der Waals surface area contributed by atoms with Crippen LogP contribution >= 0.6 is 0 Å². The third kappa shape index (κ3) is 2.56. The van der Waals surface area contributed by atoms with Crippen molar-refractivity contribution in [3.8, 4) is 0 Å². The molecule has 0 radical (unpaired) electrons. The van der Waals surface area contributed by atoms with Crippen molar-refractivity contribution in [2.45, 2.75) is 57.4 Å². The van der Waals surface area contributed by atoms with Gasteiger partial charge in [0.1, 0.15) is 0 Å². The third-order valence-electron chi connectivity index (χ3n) is 5.61. The zero-order valence-electron chi connectivity index (χ0n) is 11.2. The maximum Gasteiger partial charge on any atom is 0.220 e. The van der Waals surface area contributed by atoms with Gasteiger partial charge < -0.3 is 11.1 Å². The molecular formula is C15H26N2O. The molecule has 0 saturated heterocycles. The van der Waals surface area contributed by atoms with Gasteiger partial charge in [-0.3, -0.25) is 4.79 Å². The number of nitrogens with two attached hydrogens (primary N) is 1. The standard InChI is InChI=1S/C15H26N2O/c16-14-3-1-2-12(14)9-17-15(18)8-13-7-10-4-5-11(13)6-10/h10-14H,1-9,16H2,(H,17,18). The smallest absolute Gasteiger partial charge is 0.220 e. The summed E-state index contributed by atoms with van der Waals surface area (Å²) >= 11 is 0. The van der Waals surface area contributed by atoms with Gasteiger partial charge in [0.2, 0.25) is 5.91 Å². The van der Waals surface area contributed by atoms with E-state index in [0.717, 1.165) is 31.2 Å². The largest absolute Gasteiger partial charge is 0.356 e. The lowest BCUT2D eigenvalue weighted by molar-refractivity contribution is -0.122. The molecule has 0 spiro atoms. The van der Waals surface area contributed by atoms with E-state index in [4.69, 9.17) is 5.73 Å². The number of nitrogens with one attached hydrogen (secondary N) is 1.